The average molecular weight is 289 g/mol. The molecule has 8 heteroatoms. The molecule has 1 amide bonds. The lowest BCUT2D eigenvalue weighted by atomic mass is 9.97. The van der Waals surface area contributed by atoms with E-state index in [2.05, 4.69) is 15.3 Å². The second-order valence-corrected chi connectivity index (χ2v) is 4.77. The molecule has 2 rings (SSSR count). The van der Waals surface area contributed by atoms with E-state index >= 15 is 0 Å². The normalized spacial score (nSPS) is 16.4. The van der Waals surface area contributed by atoms with Crippen LogP contribution in [0.1, 0.15) is 12.8 Å². The molecule has 0 atom stereocenters. The van der Waals surface area contributed by atoms with Gasteiger partial charge in [-0.2, -0.15) is 4.98 Å². The summed E-state index contributed by atoms with van der Waals surface area (Å²) >= 11 is 5.59. The lowest BCUT2D eigenvalue weighted by Gasteiger charge is -2.30. The van der Waals surface area contributed by atoms with Crippen LogP contribution in [0.5, 0.6) is 0 Å². The fourth-order valence-electron chi connectivity index (χ4n) is 2.04. The Hall–Kier alpha value is -1.63. The third-order valence-corrected chi connectivity index (χ3v) is 3.34. The lowest BCUT2D eigenvalue weighted by molar-refractivity contribution is 0.126. The van der Waals surface area contributed by atoms with Gasteiger partial charge < -0.3 is 15.3 Å². The van der Waals surface area contributed by atoms with Gasteiger partial charge in [0, 0.05) is 19.6 Å². The first-order valence-corrected chi connectivity index (χ1v) is 6.34. The summed E-state index contributed by atoms with van der Waals surface area (Å²) in [6.45, 7) is 1.56. The molecule has 0 aliphatic carbocycles. The van der Waals surface area contributed by atoms with Crippen molar-refractivity contribution in [3.05, 3.63) is 17.3 Å². The number of piperidine rings is 1. The highest BCUT2D eigenvalue weighted by Gasteiger charge is 2.22. The summed E-state index contributed by atoms with van der Waals surface area (Å²) in [5, 5.41) is 11.7. The summed E-state index contributed by atoms with van der Waals surface area (Å²) < 4.78 is 13.4. The number of nitrogens with one attached hydrogen (secondary N) is 1. The molecule has 1 aromatic rings. The number of hydrogen-bond acceptors (Lipinski definition) is 4. The molecule has 0 saturated carbocycles. The Labute approximate surface area is 114 Å². The molecule has 0 radical (unpaired) electrons. The van der Waals surface area contributed by atoms with Crippen molar-refractivity contribution in [3.8, 4) is 0 Å². The van der Waals surface area contributed by atoms with Crippen LogP contribution in [-0.2, 0) is 0 Å². The highest BCUT2D eigenvalue weighted by Crippen LogP contribution is 2.19. The zero-order valence-electron chi connectivity index (χ0n) is 10.1. The van der Waals surface area contributed by atoms with Crippen molar-refractivity contribution in [2.75, 3.05) is 25.0 Å². The number of rotatable bonds is 3. The van der Waals surface area contributed by atoms with E-state index in [1.807, 2.05) is 0 Å². The zero-order chi connectivity index (χ0) is 13.8. The van der Waals surface area contributed by atoms with Gasteiger partial charge in [0.15, 0.2) is 11.6 Å². The zero-order valence-corrected chi connectivity index (χ0v) is 10.9. The largest absolute Gasteiger partial charge is 0.465 e. The number of aromatic nitrogens is 2. The summed E-state index contributed by atoms with van der Waals surface area (Å²) in [5.74, 6) is -0.170. The predicted molar refractivity (Wildman–Crippen MR) is 67.8 cm³/mol. The number of hydrogen-bond donors (Lipinski definition) is 2. The number of anilines is 1. The van der Waals surface area contributed by atoms with Crippen molar-refractivity contribution < 1.29 is 14.3 Å². The Bertz CT molecular complexity index is 466. The van der Waals surface area contributed by atoms with Crippen molar-refractivity contribution in [3.63, 3.8) is 0 Å². The fraction of sp³-hybridized carbons (Fsp3) is 0.545. The van der Waals surface area contributed by atoms with E-state index in [-0.39, 0.29) is 11.1 Å². The molecule has 0 aromatic carbocycles. The summed E-state index contributed by atoms with van der Waals surface area (Å²) in [4.78, 5) is 19.4. The molecule has 2 N–H and O–H groups in total. The quantitative estimate of drug-likeness (QED) is 0.833. The maximum absolute atomic E-state index is 13.4. The van der Waals surface area contributed by atoms with Gasteiger partial charge >= 0.3 is 6.09 Å². The van der Waals surface area contributed by atoms with E-state index in [1.165, 1.54) is 4.90 Å². The second-order valence-electron chi connectivity index (χ2n) is 4.43. The summed E-state index contributed by atoms with van der Waals surface area (Å²) in [5.41, 5.74) is 0. The molecule has 0 unspecified atom stereocenters. The number of likely N-dealkylation sites (tertiary alicyclic amines) is 1. The molecule has 104 valence electrons. The number of halogens is 2. The molecule has 1 aliphatic heterocycles. The van der Waals surface area contributed by atoms with Gasteiger partial charge in [-0.3, -0.25) is 0 Å². The minimum Gasteiger partial charge on any atom is -0.465 e. The van der Waals surface area contributed by atoms with Gasteiger partial charge in [-0.15, -0.1) is 0 Å². The maximum Gasteiger partial charge on any atom is 0.407 e. The summed E-state index contributed by atoms with van der Waals surface area (Å²) in [6, 6.07) is 0. The average Bonchev–Trinajstić information content (AvgIpc) is 2.40. The first kappa shape index (κ1) is 13.8. The minimum atomic E-state index is -0.889. The van der Waals surface area contributed by atoms with Crippen molar-refractivity contribution in [2.24, 2.45) is 5.92 Å². The second kappa shape index (κ2) is 6.01. The van der Waals surface area contributed by atoms with Crippen LogP contribution in [-0.4, -0.2) is 45.7 Å². The van der Waals surface area contributed by atoms with Crippen molar-refractivity contribution in [2.45, 2.75) is 12.8 Å². The van der Waals surface area contributed by atoms with E-state index in [1.54, 1.807) is 0 Å². The predicted octanol–water partition coefficient (Wildman–Crippen LogP) is 2.07. The van der Waals surface area contributed by atoms with Gasteiger partial charge in [-0.1, -0.05) is 0 Å². The number of carbonyl (C=O) groups is 1. The third-order valence-electron chi connectivity index (χ3n) is 3.16. The van der Waals surface area contributed by atoms with Gasteiger partial charge in [-0.05, 0) is 30.4 Å². The third kappa shape index (κ3) is 3.66. The fourth-order valence-corrected chi connectivity index (χ4v) is 2.17. The molecule has 1 saturated heterocycles. The van der Waals surface area contributed by atoms with E-state index in [0.717, 1.165) is 19.0 Å². The van der Waals surface area contributed by atoms with E-state index in [9.17, 15) is 9.18 Å². The summed E-state index contributed by atoms with van der Waals surface area (Å²) in [7, 11) is 0. The molecular weight excluding hydrogens is 275 g/mol. The highest BCUT2D eigenvalue weighted by molar-refractivity contribution is 6.28. The van der Waals surface area contributed by atoms with E-state index in [4.69, 9.17) is 16.7 Å². The van der Waals surface area contributed by atoms with Crippen LogP contribution >= 0.6 is 11.6 Å². The highest BCUT2D eigenvalue weighted by atomic mass is 35.5. The van der Waals surface area contributed by atoms with Crippen LogP contribution in [0.2, 0.25) is 5.28 Å². The molecule has 19 heavy (non-hydrogen) atoms. The van der Waals surface area contributed by atoms with Crippen LogP contribution in [0.3, 0.4) is 0 Å². The summed E-state index contributed by atoms with van der Waals surface area (Å²) in [6.07, 6.45) is 1.63. The molecule has 2 heterocycles. The molecule has 1 aliphatic rings. The van der Waals surface area contributed by atoms with Crippen LogP contribution < -0.4 is 5.32 Å². The van der Waals surface area contributed by atoms with Crippen molar-refractivity contribution >= 4 is 23.5 Å². The van der Waals surface area contributed by atoms with Gasteiger partial charge in [0.05, 0.1) is 6.20 Å². The molecular formula is C11H14ClFN4O2. The molecule has 0 spiro atoms. The Morgan fingerprint density at radius 1 is 1.58 bits per heavy atom. The van der Waals surface area contributed by atoms with Gasteiger partial charge in [0.25, 0.3) is 0 Å². The van der Waals surface area contributed by atoms with E-state index in [0.29, 0.717) is 25.6 Å². The Balaban J connectivity index is 1.83. The number of nitrogens with zero attached hydrogens (tertiary/aromatic N) is 3. The van der Waals surface area contributed by atoms with E-state index < -0.39 is 11.9 Å². The Morgan fingerprint density at radius 3 is 2.89 bits per heavy atom. The van der Waals surface area contributed by atoms with Gasteiger partial charge in [0.2, 0.25) is 5.28 Å². The SMILES string of the molecule is O=C(O)N1CCC(CNc2nc(Cl)ncc2F)CC1. The first-order chi connectivity index (χ1) is 9.06. The van der Waals surface area contributed by atoms with Crippen LogP contribution in [0.15, 0.2) is 6.20 Å². The maximum atomic E-state index is 13.4. The standard InChI is InChI=1S/C11H14ClFN4O2/c12-10-15-6-8(13)9(16-10)14-5-7-1-3-17(4-2-7)11(18)19/h6-7H,1-5H2,(H,18,19)(H,14,15,16). The monoisotopic (exact) mass is 288 g/mol. The lowest BCUT2D eigenvalue weighted by Crippen LogP contribution is -2.39. The van der Waals surface area contributed by atoms with Crippen LogP contribution in [0.4, 0.5) is 15.0 Å². The topological polar surface area (TPSA) is 78.4 Å². The molecule has 1 aromatic heterocycles. The van der Waals surface area contributed by atoms with Crippen LogP contribution in [0.25, 0.3) is 0 Å². The van der Waals surface area contributed by atoms with Crippen molar-refractivity contribution in [1.82, 2.24) is 14.9 Å². The number of carboxylic acid groups (broad SMARTS) is 1. The Kier molecular flexibility index (Phi) is 4.36. The van der Waals surface area contributed by atoms with Gasteiger partial charge in [0.1, 0.15) is 0 Å². The molecule has 0 bridgehead atoms. The smallest absolute Gasteiger partial charge is 0.407 e. The van der Waals surface area contributed by atoms with Crippen molar-refractivity contribution in [1.29, 1.82) is 0 Å². The molecule has 1 fully saturated rings. The molecule has 6 nitrogen and oxygen atoms in total. The van der Waals surface area contributed by atoms with Crippen LogP contribution in [0, 0.1) is 11.7 Å². The minimum absolute atomic E-state index is 0.00963. The Morgan fingerprint density at radius 2 is 2.26 bits per heavy atom. The van der Waals surface area contributed by atoms with Gasteiger partial charge in [-0.25, -0.2) is 14.2 Å². The number of amides is 1. The first-order valence-electron chi connectivity index (χ1n) is 5.96.